The maximum Gasteiger partial charge on any atom is 0.431 e. The zero-order chi connectivity index (χ0) is 18.1. The molecule has 0 aliphatic rings. The molecular weight excluding hydrogens is 359 g/mol. The molecule has 0 aromatic carbocycles. The number of halogens is 3. The first-order valence-corrected chi connectivity index (χ1v) is 8.41. The topological polar surface area (TPSA) is 92.7 Å². The van der Waals surface area contributed by atoms with Crippen LogP contribution in [0.25, 0.3) is 0 Å². The van der Waals surface area contributed by atoms with E-state index in [1.54, 1.807) is 29.4 Å². The molecule has 132 valence electrons. The van der Waals surface area contributed by atoms with Gasteiger partial charge >= 0.3 is 6.18 Å². The summed E-state index contributed by atoms with van der Waals surface area (Å²) >= 11 is 0. The Hall–Kier alpha value is -2.82. The number of rotatable bonds is 5. The third kappa shape index (κ3) is 3.99. The van der Waals surface area contributed by atoms with Gasteiger partial charge in [0.25, 0.3) is 10.0 Å². The number of imidazole rings is 1. The Morgan fingerprint density at radius 1 is 1.28 bits per heavy atom. The van der Waals surface area contributed by atoms with Gasteiger partial charge in [-0.15, -0.1) is 0 Å². The summed E-state index contributed by atoms with van der Waals surface area (Å²) < 4.78 is 65.9. The van der Waals surface area contributed by atoms with Crippen LogP contribution < -0.4 is 4.72 Å². The molecule has 3 rings (SSSR count). The van der Waals surface area contributed by atoms with Crippen molar-refractivity contribution in [1.82, 2.24) is 19.5 Å². The van der Waals surface area contributed by atoms with Crippen LogP contribution >= 0.6 is 0 Å². The number of hydrogen-bond donors (Lipinski definition) is 2. The molecule has 0 aliphatic carbocycles. The summed E-state index contributed by atoms with van der Waals surface area (Å²) in [4.78, 5) is 9.25. The van der Waals surface area contributed by atoms with Crippen LogP contribution in [-0.2, 0) is 22.7 Å². The second-order valence-corrected chi connectivity index (χ2v) is 6.82. The Bertz CT molecular complexity index is 947. The molecule has 0 spiro atoms. The molecule has 0 bridgehead atoms. The monoisotopic (exact) mass is 371 g/mol. The van der Waals surface area contributed by atoms with Gasteiger partial charge < -0.3 is 9.55 Å². The van der Waals surface area contributed by atoms with Gasteiger partial charge in [-0.1, -0.05) is 6.07 Å². The molecular formula is C14H12F3N5O2S. The van der Waals surface area contributed by atoms with E-state index in [1.807, 2.05) is 4.98 Å². The number of nitrogens with zero attached hydrogens (tertiary/aromatic N) is 3. The highest BCUT2D eigenvalue weighted by molar-refractivity contribution is 7.92. The van der Waals surface area contributed by atoms with E-state index in [2.05, 4.69) is 14.7 Å². The summed E-state index contributed by atoms with van der Waals surface area (Å²) in [6, 6.07) is 3.61. The molecule has 11 heteroatoms. The van der Waals surface area contributed by atoms with E-state index in [0.29, 0.717) is 12.6 Å². The highest BCUT2D eigenvalue weighted by Crippen LogP contribution is 2.30. The van der Waals surface area contributed by atoms with E-state index in [-0.39, 0.29) is 5.82 Å². The van der Waals surface area contributed by atoms with E-state index in [1.165, 1.54) is 12.3 Å². The van der Waals surface area contributed by atoms with Crippen LogP contribution in [0.4, 0.5) is 19.0 Å². The van der Waals surface area contributed by atoms with Gasteiger partial charge in [0.15, 0.2) is 0 Å². The fraction of sp³-hybridized carbons (Fsp3) is 0.143. The third-order valence-electron chi connectivity index (χ3n) is 3.26. The predicted molar refractivity (Wildman–Crippen MR) is 82.2 cm³/mol. The zero-order valence-electron chi connectivity index (χ0n) is 12.5. The number of hydrogen-bond acceptors (Lipinski definition) is 4. The number of nitrogens with one attached hydrogen (secondary N) is 2. The molecule has 3 heterocycles. The number of alkyl halides is 3. The molecule has 0 fully saturated rings. The van der Waals surface area contributed by atoms with E-state index in [0.717, 1.165) is 11.8 Å². The van der Waals surface area contributed by atoms with Gasteiger partial charge in [-0.25, -0.2) is 18.4 Å². The van der Waals surface area contributed by atoms with Crippen molar-refractivity contribution in [2.45, 2.75) is 17.6 Å². The second-order valence-electron chi connectivity index (χ2n) is 5.14. The van der Waals surface area contributed by atoms with Crippen molar-refractivity contribution in [2.24, 2.45) is 0 Å². The SMILES string of the molecule is O=S(=O)(Nc1ccc(Cn2ccnc2)cn1)c1c[nH]c(C(F)(F)F)c1. The largest absolute Gasteiger partial charge is 0.431 e. The van der Waals surface area contributed by atoms with Crippen LogP contribution in [0.1, 0.15) is 11.3 Å². The highest BCUT2D eigenvalue weighted by atomic mass is 32.2. The first-order chi connectivity index (χ1) is 11.7. The number of H-pyrrole nitrogens is 1. The van der Waals surface area contributed by atoms with Gasteiger partial charge in [0, 0.05) is 31.3 Å². The lowest BCUT2D eigenvalue weighted by Gasteiger charge is -2.07. The lowest BCUT2D eigenvalue weighted by atomic mass is 10.3. The van der Waals surface area contributed by atoms with E-state index in [9.17, 15) is 21.6 Å². The van der Waals surface area contributed by atoms with Crippen molar-refractivity contribution in [3.63, 3.8) is 0 Å². The molecule has 0 saturated carbocycles. The average molecular weight is 371 g/mol. The normalized spacial score (nSPS) is 12.3. The Kier molecular flexibility index (Phi) is 4.25. The molecule has 3 aromatic rings. The minimum absolute atomic E-state index is 0.00383. The summed E-state index contributed by atoms with van der Waals surface area (Å²) in [7, 11) is -4.17. The molecule has 0 aliphatic heterocycles. The number of sulfonamides is 1. The molecule has 0 saturated heterocycles. The highest BCUT2D eigenvalue weighted by Gasteiger charge is 2.33. The lowest BCUT2D eigenvalue weighted by molar-refractivity contribution is -0.140. The number of anilines is 1. The molecule has 2 N–H and O–H groups in total. The Morgan fingerprint density at radius 3 is 2.64 bits per heavy atom. The van der Waals surface area contributed by atoms with Gasteiger partial charge in [0.05, 0.1) is 6.33 Å². The number of pyridine rings is 1. The third-order valence-corrected chi connectivity index (χ3v) is 4.59. The molecule has 25 heavy (non-hydrogen) atoms. The van der Waals surface area contributed by atoms with Crippen molar-refractivity contribution >= 4 is 15.8 Å². The van der Waals surface area contributed by atoms with Crippen LogP contribution in [0.15, 0.2) is 54.2 Å². The van der Waals surface area contributed by atoms with Gasteiger partial charge in [-0.2, -0.15) is 13.2 Å². The molecule has 0 amide bonds. The fourth-order valence-corrected chi connectivity index (χ4v) is 3.06. The molecule has 7 nitrogen and oxygen atoms in total. The Morgan fingerprint density at radius 2 is 2.08 bits per heavy atom. The minimum atomic E-state index is -4.65. The van der Waals surface area contributed by atoms with Crippen LogP contribution in [0, 0.1) is 0 Å². The van der Waals surface area contributed by atoms with E-state index >= 15 is 0 Å². The van der Waals surface area contributed by atoms with Crippen molar-refractivity contribution in [3.05, 3.63) is 60.6 Å². The smallest absolute Gasteiger partial charge is 0.356 e. The number of aromatic nitrogens is 4. The van der Waals surface area contributed by atoms with Crippen molar-refractivity contribution in [1.29, 1.82) is 0 Å². The summed E-state index contributed by atoms with van der Waals surface area (Å²) in [5.74, 6) is 0.00383. The first kappa shape index (κ1) is 17.0. The van der Waals surface area contributed by atoms with Gasteiger partial charge in [0.1, 0.15) is 16.4 Å². The minimum Gasteiger partial charge on any atom is -0.356 e. The predicted octanol–water partition coefficient (Wildman–Crippen LogP) is 2.47. The fourth-order valence-electron chi connectivity index (χ4n) is 2.06. The van der Waals surface area contributed by atoms with E-state index < -0.39 is 26.8 Å². The first-order valence-electron chi connectivity index (χ1n) is 6.93. The average Bonchev–Trinajstić information content (AvgIpc) is 3.19. The summed E-state index contributed by atoms with van der Waals surface area (Å²) in [6.45, 7) is 0.507. The maximum absolute atomic E-state index is 12.6. The van der Waals surface area contributed by atoms with Crippen molar-refractivity contribution in [3.8, 4) is 0 Å². The summed E-state index contributed by atoms with van der Waals surface area (Å²) in [5, 5.41) is 0. The zero-order valence-corrected chi connectivity index (χ0v) is 13.3. The Balaban J connectivity index is 1.73. The quantitative estimate of drug-likeness (QED) is 0.721. The summed E-state index contributed by atoms with van der Waals surface area (Å²) in [5.41, 5.74) is -0.335. The summed E-state index contributed by atoms with van der Waals surface area (Å²) in [6.07, 6.45) is 2.61. The van der Waals surface area contributed by atoms with Crippen molar-refractivity contribution < 1.29 is 21.6 Å². The molecule has 0 atom stereocenters. The van der Waals surface area contributed by atoms with Crippen molar-refractivity contribution in [2.75, 3.05) is 4.72 Å². The standard InChI is InChI=1S/C14H12F3N5O2S/c15-14(16,17)12-5-11(7-19-12)25(23,24)21-13-2-1-10(6-20-13)8-22-4-3-18-9-22/h1-7,9,19H,8H2,(H,20,21). The van der Waals surface area contributed by atoms with Gasteiger partial charge in [-0.3, -0.25) is 4.72 Å². The van der Waals surface area contributed by atoms with Crippen LogP contribution in [0.2, 0.25) is 0 Å². The van der Waals surface area contributed by atoms with Crippen LogP contribution in [0.3, 0.4) is 0 Å². The lowest BCUT2D eigenvalue weighted by Crippen LogP contribution is -2.13. The Labute approximate surface area is 140 Å². The molecule has 0 unspecified atom stereocenters. The molecule has 0 radical (unpaired) electrons. The second kappa shape index (κ2) is 6.24. The van der Waals surface area contributed by atoms with E-state index in [4.69, 9.17) is 0 Å². The van der Waals surface area contributed by atoms with Gasteiger partial charge in [0.2, 0.25) is 0 Å². The number of aromatic amines is 1. The van der Waals surface area contributed by atoms with Crippen LogP contribution in [0.5, 0.6) is 0 Å². The molecule has 3 aromatic heterocycles. The van der Waals surface area contributed by atoms with Crippen LogP contribution in [-0.4, -0.2) is 27.9 Å². The maximum atomic E-state index is 12.6. The van der Waals surface area contributed by atoms with Gasteiger partial charge in [-0.05, 0) is 17.7 Å².